The molecule has 3 aromatic rings. The summed E-state index contributed by atoms with van der Waals surface area (Å²) in [6, 6.07) is 22.1. The number of aryl methyl sites for hydroxylation is 2. The number of halogens is 1. The van der Waals surface area contributed by atoms with Crippen molar-refractivity contribution in [2.45, 2.75) is 36.6 Å². The van der Waals surface area contributed by atoms with Crippen LogP contribution in [0.25, 0.3) is 0 Å². The normalized spacial score (nSPS) is 11.9. The van der Waals surface area contributed by atoms with Crippen LogP contribution in [0.5, 0.6) is 0 Å². The third-order valence-corrected chi connectivity index (χ3v) is 6.00. The van der Waals surface area contributed by atoms with E-state index in [0.29, 0.717) is 5.02 Å². The SMILES string of the molecule is Cc1ccc(Sc2ccc(NC(=O)CNC(C)c3cccc(Cl)c3)cc2)cc1C. The van der Waals surface area contributed by atoms with Gasteiger partial charge in [0.25, 0.3) is 0 Å². The molecule has 3 rings (SSSR count). The van der Waals surface area contributed by atoms with Crippen LogP contribution in [-0.4, -0.2) is 12.5 Å². The topological polar surface area (TPSA) is 41.1 Å². The van der Waals surface area contributed by atoms with Crippen LogP contribution in [0.2, 0.25) is 5.02 Å². The zero-order chi connectivity index (χ0) is 20.8. The highest BCUT2D eigenvalue weighted by atomic mass is 35.5. The molecule has 0 bridgehead atoms. The van der Waals surface area contributed by atoms with Crippen LogP contribution in [0, 0.1) is 13.8 Å². The minimum absolute atomic E-state index is 0.0381. The third-order valence-electron chi connectivity index (χ3n) is 4.77. The minimum Gasteiger partial charge on any atom is -0.325 e. The first-order valence-corrected chi connectivity index (χ1v) is 10.7. The van der Waals surface area contributed by atoms with Crippen molar-refractivity contribution in [2.75, 3.05) is 11.9 Å². The molecule has 2 N–H and O–H groups in total. The van der Waals surface area contributed by atoms with Gasteiger partial charge in [0.1, 0.15) is 0 Å². The summed E-state index contributed by atoms with van der Waals surface area (Å²) >= 11 is 7.74. The Bertz CT molecular complexity index is 988. The van der Waals surface area contributed by atoms with Gasteiger partial charge in [-0.3, -0.25) is 4.79 Å². The van der Waals surface area contributed by atoms with E-state index in [2.05, 4.69) is 42.7 Å². The Kier molecular flexibility index (Phi) is 7.37. The van der Waals surface area contributed by atoms with Gasteiger partial charge in [-0.25, -0.2) is 0 Å². The standard InChI is InChI=1S/C24H25ClN2OS/c1-16-7-10-23(13-17(16)2)29-22-11-8-21(9-12-22)27-24(28)15-26-18(3)19-5-4-6-20(25)14-19/h4-14,18,26H,15H2,1-3H3,(H,27,28). The summed E-state index contributed by atoms with van der Waals surface area (Å²) in [7, 11) is 0. The molecule has 29 heavy (non-hydrogen) atoms. The van der Waals surface area contributed by atoms with Crippen LogP contribution in [0.3, 0.4) is 0 Å². The minimum atomic E-state index is -0.0755. The van der Waals surface area contributed by atoms with Crippen molar-refractivity contribution in [3.63, 3.8) is 0 Å². The fourth-order valence-corrected chi connectivity index (χ4v) is 3.98. The highest BCUT2D eigenvalue weighted by Gasteiger charge is 2.09. The molecule has 0 aliphatic rings. The van der Waals surface area contributed by atoms with Crippen LogP contribution in [0.1, 0.15) is 29.7 Å². The largest absolute Gasteiger partial charge is 0.325 e. The van der Waals surface area contributed by atoms with Crippen molar-refractivity contribution >= 4 is 35.0 Å². The van der Waals surface area contributed by atoms with Crippen LogP contribution >= 0.6 is 23.4 Å². The van der Waals surface area contributed by atoms with Gasteiger partial charge >= 0.3 is 0 Å². The Morgan fingerprint density at radius 2 is 1.69 bits per heavy atom. The zero-order valence-corrected chi connectivity index (χ0v) is 18.4. The van der Waals surface area contributed by atoms with Crippen LogP contribution in [0.4, 0.5) is 5.69 Å². The van der Waals surface area contributed by atoms with Crippen molar-refractivity contribution < 1.29 is 4.79 Å². The van der Waals surface area contributed by atoms with Crippen LogP contribution in [0.15, 0.2) is 76.5 Å². The Labute approximate surface area is 181 Å². The number of anilines is 1. The second-order valence-electron chi connectivity index (χ2n) is 7.08. The molecule has 0 radical (unpaired) electrons. The second-order valence-corrected chi connectivity index (χ2v) is 8.66. The first-order chi connectivity index (χ1) is 13.9. The second kappa shape index (κ2) is 9.97. The molecular formula is C24H25ClN2OS. The van der Waals surface area contributed by atoms with Crippen molar-refractivity contribution in [3.05, 3.63) is 88.4 Å². The van der Waals surface area contributed by atoms with Gasteiger partial charge < -0.3 is 10.6 Å². The number of hydrogen-bond donors (Lipinski definition) is 2. The fourth-order valence-electron chi connectivity index (χ4n) is 2.86. The average Bonchev–Trinajstić information content (AvgIpc) is 2.70. The number of carbonyl (C=O) groups is 1. The van der Waals surface area contributed by atoms with Crippen LogP contribution < -0.4 is 10.6 Å². The molecule has 0 fully saturated rings. The lowest BCUT2D eigenvalue weighted by molar-refractivity contribution is -0.115. The monoisotopic (exact) mass is 424 g/mol. The number of hydrogen-bond acceptors (Lipinski definition) is 3. The summed E-state index contributed by atoms with van der Waals surface area (Å²) < 4.78 is 0. The molecule has 1 amide bonds. The summed E-state index contributed by atoms with van der Waals surface area (Å²) in [5, 5.41) is 6.85. The molecule has 0 aromatic heterocycles. The zero-order valence-electron chi connectivity index (χ0n) is 16.8. The van der Waals surface area contributed by atoms with Gasteiger partial charge in [-0.1, -0.05) is 41.6 Å². The maximum Gasteiger partial charge on any atom is 0.238 e. The van der Waals surface area contributed by atoms with Gasteiger partial charge in [0.05, 0.1) is 6.54 Å². The number of carbonyl (C=O) groups excluding carboxylic acids is 1. The Balaban J connectivity index is 1.51. The molecule has 3 nitrogen and oxygen atoms in total. The van der Waals surface area contributed by atoms with E-state index in [9.17, 15) is 4.79 Å². The molecule has 3 aromatic carbocycles. The van der Waals surface area contributed by atoms with Crippen molar-refractivity contribution in [2.24, 2.45) is 0 Å². The highest BCUT2D eigenvalue weighted by Crippen LogP contribution is 2.29. The quantitative estimate of drug-likeness (QED) is 0.461. The van der Waals surface area contributed by atoms with Gasteiger partial charge in [0, 0.05) is 26.5 Å². The van der Waals surface area contributed by atoms with E-state index in [1.165, 1.54) is 16.0 Å². The smallest absolute Gasteiger partial charge is 0.238 e. The lowest BCUT2D eigenvalue weighted by Crippen LogP contribution is -2.30. The maximum absolute atomic E-state index is 12.3. The van der Waals surface area contributed by atoms with E-state index in [0.717, 1.165) is 16.1 Å². The van der Waals surface area contributed by atoms with Gasteiger partial charge in [-0.2, -0.15) is 0 Å². The molecule has 1 atom stereocenters. The van der Waals surface area contributed by atoms with Gasteiger partial charge in [-0.15, -0.1) is 0 Å². The molecule has 0 heterocycles. The Morgan fingerprint density at radius 3 is 2.38 bits per heavy atom. The van der Waals surface area contributed by atoms with E-state index in [-0.39, 0.29) is 18.5 Å². The molecule has 0 saturated heterocycles. The average molecular weight is 425 g/mol. The summed E-state index contributed by atoms with van der Waals surface area (Å²) in [4.78, 5) is 14.6. The van der Waals surface area contributed by atoms with E-state index in [4.69, 9.17) is 11.6 Å². The predicted molar refractivity (Wildman–Crippen MR) is 123 cm³/mol. The van der Waals surface area contributed by atoms with E-state index >= 15 is 0 Å². The first kappa shape index (κ1) is 21.4. The number of amides is 1. The lowest BCUT2D eigenvalue weighted by atomic mass is 10.1. The van der Waals surface area contributed by atoms with Crippen molar-refractivity contribution in [1.82, 2.24) is 5.32 Å². The molecular weight excluding hydrogens is 400 g/mol. The van der Waals surface area contributed by atoms with Crippen molar-refractivity contribution in [3.8, 4) is 0 Å². The summed E-state index contributed by atoms with van der Waals surface area (Å²) in [5.41, 5.74) is 4.43. The first-order valence-electron chi connectivity index (χ1n) is 9.54. The van der Waals surface area contributed by atoms with Gasteiger partial charge in [-0.05, 0) is 86.0 Å². The van der Waals surface area contributed by atoms with E-state index < -0.39 is 0 Å². The fraction of sp³-hybridized carbons (Fsp3) is 0.208. The molecule has 0 aliphatic heterocycles. The molecule has 0 aliphatic carbocycles. The van der Waals surface area contributed by atoms with Crippen molar-refractivity contribution in [1.29, 1.82) is 0 Å². The third kappa shape index (κ3) is 6.36. The highest BCUT2D eigenvalue weighted by molar-refractivity contribution is 7.99. The van der Waals surface area contributed by atoms with Gasteiger partial charge in [0.2, 0.25) is 5.91 Å². The summed E-state index contributed by atoms with van der Waals surface area (Å²) in [5.74, 6) is -0.0755. The number of nitrogens with one attached hydrogen (secondary N) is 2. The number of rotatable bonds is 7. The summed E-state index contributed by atoms with van der Waals surface area (Å²) in [6.07, 6.45) is 0. The van der Waals surface area contributed by atoms with E-state index in [1.807, 2.05) is 55.5 Å². The molecule has 0 saturated carbocycles. The molecule has 0 spiro atoms. The molecule has 150 valence electrons. The van der Waals surface area contributed by atoms with Crippen LogP contribution in [-0.2, 0) is 4.79 Å². The summed E-state index contributed by atoms with van der Waals surface area (Å²) in [6.45, 7) is 6.48. The Hall–Kier alpha value is -2.27. The number of benzene rings is 3. The maximum atomic E-state index is 12.3. The predicted octanol–water partition coefficient (Wildman–Crippen LogP) is 6.40. The van der Waals surface area contributed by atoms with Gasteiger partial charge in [0.15, 0.2) is 0 Å². The molecule has 5 heteroatoms. The Morgan fingerprint density at radius 1 is 0.966 bits per heavy atom. The molecule has 1 unspecified atom stereocenters. The van der Waals surface area contributed by atoms with E-state index in [1.54, 1.807) is 11.8 Å². The lowest BCUT2D eigenvalue weighted by Gasteiger charge is -2.14.